The van der Waals surface area contributed by atoms with Gasteiger partial charge in [0.2, 0.25) is 0 Å². The Morgan fingerprint density at radius 2 is 1.81 bits per heavy atom. The van der Waals surface area contributed by atoms with E-state index in [9.17, 15) is 9.59 Å². The number of hydrogen-bond acceptors (Lipinski definition) is 4. The Hall–Kier alpha value is -2.24. The second-order valence-corrected chi connectivity index (χ2v) is 4.40. The van der Waals surface area contributed by atoms with Gasteiger partial charge in [-0.3, -0.25) is 0 Å². The zero-order chi connectivity index (χ0) is 15.5. The Balaban J connectivity index is 2.36. The Morgan fingerprint density at radius 3 is 2.43 bits per heavy atom. The minimum atomic E-state index is -0.744. The first-order valence-electron chi connectivity index (χ1n) is 7.15. The van der Waals surface area contributed by atoms with Gasteiger partial charge in [0.25, 0.3) is 0 Å². The van der Waals surface area contributed by atoms with Crippen molar-refractivity contribution in [2.45, 2.75) is 33.1 Å². The maximum Gasteiger partial charge on any atom is 0.513 e. The van der Waals surface area contributed by atoms with Gasteiger partial charge in [-0.2, -0.15) is 0 Å². The molecule has 0 saturated heterocycles. The molecule has 0 bridgehead atoms. The predicted molar refractivity (Wildman–Crippen MR) is 80.6 cm³/mol. The Morgan fingerprint density at radius 1 is 1.10 bits per heavy atom. The number of nitrogens with one attached hydrogen (secondary N) is 2. The van der Waals surface area contributed by atoms with Crippen LogP contribution in [0.5, 0.6) is 5.75 Å². The van der Waals surface area contributed by atoms with Gasteiger partial charge in [-0.15, -0.1) is 0 Å². The molecule has 0 fully saturated rings. The third-order valence-electron chi connectivity index (χ3n) is 2.64. The normalized spacial score (nSPS) is 9.81. The lowest BCUT2D eigenvalue weighted by Crippen LogP contribution is -2.29. The van der Waals surface area contributed by atoms with E-state index in [1.165, 1.54) is 0 Å². The van der Waals surface area contributed by atoms with Gasteiger partial charge < -0.3 is 20.1 Å². The standard InChI is InChI=1S/C15H22N2O4/c1-3-5-6-11-16-14(18)17-12-7-9-13(10-8-12)21-15(19)20-4-2/h7-10H,3-6,11H2,1-2H3,(H2,16,17,18). The molecule has 0 atom stereocenters. The summed E-state index contributed by atoms with van der Waals surface area (Å²) in [6.07, 6.45) is 2.44. The van der Waals surface area contributed by atoms with Crippen molar-refractivity contribution in [3.8, 4) is 5.75 Å². The van der Waals surface area contributed by atoms with Gasteiger partial charge in [0, 0.05) is 12.2 Å². The highest BCUT2D eigenvalue weighted by atomic mass is 16.7. The lowest BCUT2D eigenvalue weighted by molar-refractivity contribution is 0.104. The van der Waals surface area contributed by atoms with E-state index in [2.05, 4.69) is 22.3 Å². The molecule has 6 heteroatoms. The molecule has 0 radical (unpaired) electrons. The van der Waals surface area contributed by atoms with Crippen molar-refractivity contribution in [2.75, 3.05) is 18.5 Å². The molecule has 2 amide bonds. The second kappa shape index (κ2) is 9.63. The molecule has 0 aromatic heterocycles. The fourth-order valence-electron chi connectivity index (χ4n) is 1.60. The minimum Gasteiger partial charge on any atom is -0.434 e. The summed E-state index contributed by atoms with van der Waals surface area (Å²) in [4.78, 5) is 22.7. The van der Waals surface area contributed by atoms with Crippen LogP contribution in [0.15, 0.2) is 24.3 Å². The number of carbonyl (C=O) groups excluding carboxylic acids is 2. The number of rotatable bonds is 7. The van der Waals surface area contributed by atoms with Crippen molar-refractivity contribution in [3.63, 3.8) is 0 Å². The van der Waals surface area contributed by atoms with E-state index >= 15 is 0 Å². The highest BCUT2D eigenvalue weighted by Gasteiger charge is 2.05. The molecule has 21 heavy (non-hydrogen) atoms. The van der Waals surface area contributed by atoms with Crippen molar-refractivity contribution in [1.29, 1.82) is 0 Å². The van der Waals surface area contributed by atoms with Crippen LogP contribution in [0.4, 0.5) is 15.3 Å². The molecule has 2 N–H and O–H groups in total. The van der Waals surface area contributed by atoms with E-state index in [-0.39, 0.29) is 12.6 Å². The Kier molecular flexibility index (Phi) is 7.71. The van der Waals surface area contributed by atoms with Crippen molar-refractivity contribution in [2.24, 2.45) is 0 Å². The summed E-state index contributed by atoms with van der Waals surface area (Å²) >= 11 is 0. The zero-order valence-electron chi connectivity index (χ0n) is 12.5. The molecule has 1 rings (SSSR count). The topological polar surface area (TPSA) is 76.7 Å². The van der Waals surface area contributed by atoms with E-state index < -0.39 is 6.16 Å². The molecule has 1 aromatic carbocycles. The zero-order valence-corrected chi connectivity index (χ0v) is 12.5. The summed E-state index contributed by atoms with van der Waals surface area (Å²) in [5, 5.41) is 5.48. The van der Waals surface area contributed by atoms with Crippen molar-refractivity contribution < 1.29 is 19.1 Å². The van der Waals surface area contributed by atoms with Crippen LogP contribution in [0.25, 0.3) is 0 Å². The average Bonchev–Trinajstić information content (AvgIpc) is 2.46. The van der Waals surface area contributed by atoms with Crippen molar-refractivity contribution in [3.05, 3.63) is 24.3 Å². The van der Waals surface area contributed by atoms with Crippen LogP contribution in [0.2, 0.25) is 0 Å². The summed E-state index contributed by atoms with van der Waals surface area (Å²) < 4.78 is 9.58. The Labute approximate surface area is 124 Å². The third kappa shape index (κ3) is 7.20. The molecule has 0 spiro atoms. The van der Waals surface area contributed by atoms with Gasteiger partial charge in [-0.1, -0.05) is 19.8 Å². The van der Waals surface area contributed by atoms with Crippen LogP contribution in [-0.4, -0.2) is 25.3 Å². The number of ether oxygens (including phenoxy) is 2. The van der Waals surface area contributed by atoms with Crippen LogP contribution in [-0.2, 0) is 4.74 Å². The van der Waals surface area contributed by atoms with Gasteiger partial charge in [0.1, 0.15) is 5.75 Å². The first-order valence-corrected chi connectivity index (χ1v) is 7.15. The van der Waals surface area contributed by atoms with Crippen molar-refractivity contribution >= 4 is 17.9 Å². The number of unbranched alkanes of at least 4 members (excludes halogenated alkanes) is 2. The van der Waals surface area contributed by atoms with Crippen LogP contribution >= 0.6 is 0 Å². The van der Waals surface area contributed by atoms with Gasteiger partial charge in [0.15, 0.2) is 0 Å². The van der Waals surface area contributed by atoms with Gasteiger partial charge in [0.05, 0.1) is 6.61 Å². The highest BCUT2D eigenvalue weighted by Crippen LogP contribution is 2.16. The monoisotopic (exact) mass is 294 g/mol. The minimum absolute atomic E-state index is 0.245. The molecule has 0 heterocycles. The number of hydrogen-bond donors (Lipinski definition) is 2. The van der Waals surface area contributed by atoms with Crippen LogP contribution in [0.1, 0.15) is 33.1 Å². The SMILES string of the molecule is CCCCCNC(=O)Nc1ccc(OC(=O)OCC)cc1. The molecule has 0 aliphatic heterocycles. The average molecular weight is 294 g/mol. The van der Waals surface area contributed by atoms with E-state index in [1.54, 1.807) is 31.2 Å². The van der Waals surface area contributed by atoms with E-state index in [0.717, 1.165) is 19.3 Å². The largest absolute Gasteiger partial charge is 0.513 e. The van der Waals surface area contributed by atoms with Gasteiger partial charge in [-0.05, 0) is 37.6 Å². The summed E-state index contributed by atoms with van der Waals surface area (Å²) in [6.45, 7) is 4.73. The molecule has 1 aromatic rings. The fraction of sp³-hybridized carbons (Fsp3) is 0.467. The van der Waals surface area contributed by atoms with Crippen molar-refractivity contribution in [1.82, 2.24) is 5.32 Å². The first-order chi connectivity index (χ1) is 10.2. The number of anilines is 1. The molecular formula is C15H22N2O4. The molecular weight excluding hydrogens is 272 g/mol. The smallest absolute Gasteiger partial charge is 0.434 e. The molecule has 116 valence electrons. The van der Waals surface area contributed by atoms with Crippen LogP contribution < -0.4 is 15.4 Å². The molecule has 0 aliphatic carbocycles. The lowest BCUT2D eigenvalue weighted by atomic mass is 10.2. The summed E-state index contributed by atoms with van der Waals surface area (Å²) in [5.41, 5.74) is 0.624. The summed E-state index contributed by atoms with van der Waals surface area (Å²) in [6, 6.07) is 6.23. The summed E-state index contributed by atoms with van der Waals surface area (Å²) in [5.74, 6) is 0.363. The number of amides is 2. The molecule has 0 saturated carbocycles. The quantitative estimate of drug-likeness (QED) is 0.458. The summed E-state index contributed by atoms with van der Waals surface area (Å²) in [7, 11) is 0. The van der Waals surface area contributed by atoms with Gasteiger partial charge in [-0.25, -0.2) is 9.59 Å². The van der Waals surface area contributed by atoms with E-state index in [1.807, 2.05) is 0 Å². The van der Waals surface area contributed by atoms with Gasteiger partial charge >= 0.3 is 12.2 Å². The fourth-order valence-corrected chi connectivity index (χ4v) is 1.60. The van der Waals surface area contributed by atoms with E-state index in [4.69, 9.17) is 4.74 Å². The van der Waals surface area contributed by atoms with Crippen LogP contribution in [0.3, 0.4) is 0 Å². The number of benzene rings is 1. The first kappa shape index (κ1) is 16.8. The van der Waals surface area contributed by atoms with Crippen LogP contribution in [0, 0.1) is 0 Å². The third-order valence-corrected chi connectivity index (χ3v) is 2.64. The molecule has 0 unspecified atom stereocenters. The predicted octanol–water partition coefficient (Wildman–Crippen LogP) is 3.53. The molecule has 6 nitrogen and oxygen atoms in total. The lowest BCUT2D eigenvalue weighted by Gasteiger charge is -2.08. The number of urea groups is 1. The molecule has 0 aliphatic rings. The highest BCUT2D eigenvalue weighted by molar-refractivity contribution is 5.89. The second-order valence-electron chi connectivity index (χ2n) is 4.40. The maximum absolute atomic E-state index is 11.6. The number of carbonyl (C=O) groups is 2. The van der Waals surface area contributed by atoms with E-state index in [0.29, 0.717) is 18.0 Å². The Bertz CT molecular complexity index is 445. The maximum atomic E-state index is 11.6.